The summed E-state index contributed by atoms with van der Waals surface area (Å²) in [6, 6.07) is 0. The second-order valence-electron chi connectivity index (χ2n) is 5.14. The van der Waals surface area contributed by atoms with Gasteiger partial charge in [0.25, 0.3) is 5.92 Å². The largest absolute Gasteiger partial charge is 0.353 e. The van der Waals surface area contributed by atoms with Gasteiger partial charge in [-0.05, 0) is 13.0 Å². The first-order valence-corrected chi connectivity index (χ1v) is 8.50. The van der Waals surface area contributed by atoms with Crippen LogP contribution in [-0.4, -0.2) is 60.5 Å². The van der Waals surface area contributed by atoms with E-state index in [2.05, 4.69) is 15.1 Å². The molecule has 0 spiro atoms. The van der Waals surface area contributed by atoms with Crippen molar-refractivity contribution < 1.29 is 8.78 Å². The zero-order chi connectivity index (χ0) is 14.6. The molecule has 0 saturated carbocycles. The van der Waals surface area contributed by atoms with Crippen LogP contribution in [0.5, 0.6) is 0 Å². The molecule has 20 heavy (non-hydrogen) atoms. The number of aromatic nitrogens is 2. The fourth-order valence-electron chi connectivity index (χ4n) is 1.99. The molecule has 4 nitrogen and oxygen atoms in total. The minimum Gasteiger partial charge on any atom is -0.353 e. The highest BCUT2D eigenvalue weighted by Crippen LogP contribution is 2.29. The van der Waals surface area contributed by atoms with Crippen LogP contribution in [0.3, 0.4) is 0 Å². The summed E-state index contributed by atoms with van der Waals surface area (Å²) in [5.41, 5.74) is 0. The van der Waals surface area contributed by atoms with Gasteiger partial charge in [-0.1, -0.05) is 23.1 Å². The monoisotopic (exact) mass is 322 g/mol. The first-order chi connectivity index (χ1) is 9.46. The summed E-state index contributed by atoms with van der Waals surface area (Å²) in [7, 11) is 3.89. The number of thioether (sulfide) groups is 1. The smallest absolute Gasteiger partial charge is 0.250 e. The van der Waals surface area contributed by atoms with E-state index in [4.69, 9.17) is 0 Å². The van der Waals surface area contributed by atoms with Gasteiger partial charge < -0.3 is 9.80 Å². The Bertz CT molecular complexity index is 415. The first-order valence-electron chi connectivity index (χ1n) is 6.70. The molecular formula is C12H20F2N4S2. The Hall–Kier alpha value is -0.470. The molecule has 0 N–H and O–H groups in total. The third kappa shape index (κ3) is 4.82. The molecule has 2 rings (SSSR count). The van der Waals surface area contributed by atoms with Crippen LogP contribution in [0.1, 0.15) is 19.3 Å². The van der Waals surface area contributed by atoms with Crippen molar-refractivity contribution in [3.05, 3.63) is 0 Å². The van der Waals surface area contributed by atoms with E-state index >= 15 is 0 Å². The number of halogens is 2. The minimum atomic E-state index is -2.44. The summed E-state index contributed by atoms with van der Waals surface area (Å²) in [6.07, 6.45) is 0.999. The topological polar surface area (TPSA) is 32.3 Å². The molecule has 0 aliphatic carbocycles. The summed E-state index contributed by atoms with van der Waals surface area (Å²) in [6.45, 7) is 1.92. The molecule has 8 heteroatoms. The predicted octanol–water partition coefficient (Wildman–Crippen LogP) is 2.82. The zero-order valence-corrected chi connectivity index (χ0v) is 13.4. The lowest BCUT2D eigenvalue weighted by atomic mass is 10.1. The van der Waals surface area contributed by atoms with Gasteiger partial charge in [-0.2, -0.15) is 0 Å². The number of nitrogens with zero attached hydrogens (tertiary/aromatic N) is 4. The highest BCUT2D eigenvalue weighted by atomic mass is 32.2. The zero-order valence-electron chi connectivity index (χ0n) is 11.8. The van der Waals surface area contributed by atoms with Crippen molar-refractivity contribution in [2.45, 2.75) is 29.5 Å². The van der Waals surface area contributed by atoms with Gasteiger partial charge in [0.1, 0.15) is 0 Å². The Morgan fingerprint density at radius 2 is 2.00 bits per heavy atom. The highest BCUT2D eigenvalue weighted by molar-refractivity contribution is 8.01. The summed E-state index contributed by atoms with van der Waals surface area (Å²) in [5, 5.41) is 9.11. The SMILES string of the molecule is CN(C)c1nnc(SCCCN2CCC(F)(F)CC2)s1. The molecule has 0 aromatic carbocycles. The molecule has 2 heterocycles. The summed E-state index contributed by atoms with van der Waals surface area (Å²) in [5.74, 6) is -1.49. The van der Waals surface area contributed by atoms with Crippen molar-refractivity contribution >= 4 is 28.2 Å². The molecule has 1 saturated heterocycles. The predicted molar refractivity (Wildman–Crippen MR) is 80.2 cm³/mol. The standard InChI is InChI=1S/C12H20F2N4S2/c1-17(2)10-15-16-11(20-10)19-9-3-6-18-7-4-12(13,14)5-8-18/h3-9H2,1-2H3. The average molecular weight is 322 g/mol. The van der Waals surface area contributed by atoms with Crippen molar-refractivity contribution in [3.63, 3.8) is 0 Å². The normalized spacial score (nSPS) is 19.2. The maximum absolute atomic E-state index is 13.0. The van der Waals surface area contributed by atoms with Crippen LogP contribution in [0.2, 0.25) is 0 Å². The van der Waals surface area contributed by atoms with E-state index in [-0.39, 0.29) is 12.8 Å². The maximum atomic E-state index is 13.0. The van der Waals surface area contributed by atoms with Gasteiger partial charge in [-0.25, -0.2) is 8.78 Å². The van der Waals surface area contributed by atoms with Gasteiger partial charge in [0.2, 0.25) is 5.13 Å². The molecule has 0 atom stereocenters. The molecule has 1 fully saturated rings. The van der Waals surface area contributed by atoms with Crippen LogP contribution in [0.25, 0.3) is 0 Å². The highest BCUT2D eigenvalue weighted by Gasteiger charge is 2.33. The Balaban J connectivity index is 1.62. The van der Waals surface area contributed by atoms with Crippen LogP contribution in [0.4, 0.5) is 13.9 Å². The van der Waals surface area contributed by atoms with Gasteiger partial charge in [0, 0.05) is 45.8 Å². The van der Waals surface area contributed by atoms with Gasteiger partial charge in [0.05, 0.1) is 0 Å². The number of rotatable bonds is 6. The second-order valence-corrected chi connectivity index (χ2v) is 7.44. The summed E-state index contributed by atoms with van der Waals surface area (Å²) in [4.78, 5) is 4.07. The van der Waals surface area contributed by atoms with E-state index in [9.17, 15) is 8.78 Å². The van der Waals surface area contributed by atoms with E-state index in [1.54, 1.807) is 23.1 Å². The minimum absolute atomic E-state index is 0.00272. The summed E-state index contributed by atoms with van der Waals surface area (Å²) < 4.78 is 27.0. The lowest BCUT2D eigenvalue weighted by molar-refractivity contribution is -0.0549. The molecule has 0 bridgehead atoms. The fraction of sp³-hybridized carbons (Fsp3) is 0.833. The van der Waals surface area contributed by atoms with Crippen LogP contribution >= 0.6 is 23.1 Å². The van der Waals surface area contributed by atoms with E-state index in [1.165, 1.54) is 0 Å². The van der Waals surface area contributed by atoms with Gasteiger partial charge in [-0.15, -0.1) is 10.2 Å². The number of hydrogen-bond donors (Lipinski definition) is 0. The van der Waals surface area contributed by atoms with Gasteiger partial charge >= 0.3 is 0 Å². The quantitative estimate of drug-likeness (QED) is 0.594. The van der Waals surface area contributed by atoms with Crippen LogP contribution in [0.15, 0.2) is 4.34 Å². The molecule has 0 unspecified atom stereocenters. The van der Waals surface area contributed by atoms with E-state index < -0.39 is 5.92 Å². The number of hydrogen-bond acceptors (Lipinski definition) is 6. The number of anilines is 1. The van der Waals surface area contributed by atoms with E-state index in [0.29, 0.717) is 13.1 Å². The molecule has 1 aromatic heterocycles. The molecule has 0 amide bonds. The Morgan fingerprint density at radius 3 is 2.60 bits per heavy atom. The average Bonchev–Trinajstić information content (AvgIpc) is 2.85. The van der Waals surface area contributed by atoms with Crippen LogP contribution < -0.4 is 4.90 Å². The Kier molecular flexibility index (Phi) is 5.57. The molecule has 1 aliphatic heterocycles. The molecule has 114 valence electrons. The van der Waals surface area contributed by atoms with Crippen molar-refractivity contribution in [3.8, 4) is 0 Å². The van der Waals surface area contributed by atoms with Crippen molar-refractivity contribution in [2.75, 3.05) is 44.4 Å². The molecule has 0 radical (unpaired) electrons. The van der Waals surface area contributed by atoms with Crippen molar-refractivity contribution in [1.29, 1.82) is 0 Å². The third-order valence-corrected chi connectivity index (χ3v) is 5.52. The lowest BCUT2D eigenvalue weighted by Gasteiger charge is -2.31. The third-order valence-electron chi connectivity index (χ3n) is 3.21. The van der Waals surface area contributed by atoms with Crippen molar-refractivity contribution in [1.82, 2.24) is 15.1 Å². The number of alkyl halides is 2. The molecule has 1 aliphatic rings. The van der Waals surface area contributed by atoms with Crippen LogP contribution in [-0.2, 0) is 0 Å². The second kappa shape index (κ2) is 7.00. The Morgan fingerprint density at radius 1 is 1.30 bits per heavy atom. The number of likely N-dealkylation sites (tertiary alicyclic amines) is 1. The maximum Gasteiger partial charge on any atom is 0.250 e. The summed E-state index contributed by atoms with van der Waals surface area (Å²) >= 11 is 3.27. The first kappa shape index (κ1) is 15.9. The lowest BCUT2D eigenvalue weighted by Crippen LogP contribution is -2.39. The van der Waals surface area contributed by atoms with Crippen molar-refractivity contribution in [2.24, 2.45) is 0 Å². The van der Waals surface area contributed by atoms with E-state index in [0.717, 1.165) is 28.2 Å². The van der Waals surface area contributed by atoms with Gasteiger partial charge in [0.15, 0.2) is 4.34 Å². The van der Waals surface area contributed by atoms with Gasteiger partial charge in [-0.3, -0.25) is 0 Å². The number of piperidine rings is 1. The molecular weight excluding hydrogens is 302 g/mol. The van der Waals surface area contributed by atoms with Crippen LogP contribution in [0, 0.1) is 0 Å². The fourth-order valence-corrected chi connectivity index (χ4v) is 3.75. The molecule has 1 aromatic rings. The van der Waals surface area contributed by atoms with E-state index in [1.807, 2.05) is 19.0 Å². The Labute approximate surface area is 126 Å².